The molecule has 0 aliphatic rings. The van der Waals surface area contributed by atoms with Gasteiger partial charge in [-0.25, -0.2) is 4.39 Å². The number of hydrogen-bond acceptors (Lipinski definition) is 3. The van der Waals surface area contributed by atoms with Crippen LogP contribution in [0.15, 0.2) is 30.5 Å². The summed E-state index contributed by atoms with van der Waals surface area (Å²) in [4.78, 5) is 9.36. The van der Waals surface area contributed by atoms with Gasteiger partial charge in [0, 0.05) is 6.08 Å². The van der Waals surface area contributed by atoms with Crippen LogP contribution in [0.2, 0.25) is 0 Å². The van der Waals surface area contributed by atoms with Gasteiger partial charge in [0.2, 0.25) is 6.20 Å². The van der Waals surface area contributed by atoms with Crippen LogP contribution in [-0.2, 0) is 0 Å². The molecule has 7 heteroatoms. The first kappa shape index (κ1) is 13.0. The zero-order valence-electron chi connectivity index (χ0n) is 8.48. The molecule has 0 bridgehead atoms. The first-order valence-electron chi connectivity index (χ1n) is 4.47. The van der Waals surface area contributed by atoms with Crippen LogP contribution in [0.25, 0.3) is 6.08 Å². The molecule has 0 aliphatic heterocycles. The summed E-state index contributed by atoms with van der Waals surface area (Å²) >= 11 is 0. The van der Waals surface area contributed by atoms with E-state index < -0.39 is 17.7 Å². The molecule has 0 aromatic heterocycles. The van der Waals surface area contributed by atoms with E-state index in [4.69, 9.17) is 0 Å². The van der Waals surface area contributed by atoms with Gasteiger partial charge in [-0.1, -0.05) is 12.1 Å². The third kappa shape index (κ3) is 4.54. The molecular formula is C10H8F3NO3. The van der Waals surface area contributed by atoms with Crippen LogP contribution in [0.3, 0.4) is 0 Å². The molecule has 0 unspecified atom stereocenters. The lowest BCUT2D eigenvalue weighted by Crippen LogP contribution is -2.26. The van der Waals surface area contributed by atoms with Crippen molar-refractivity contribution in [3.05, 3.63) is 46.1 Å². The highest BCUT2D eigenvalue weighted by molar-refractivity contribution is 5.50. The summed E-state index contributed by atoms with van der Waals surface area (Å²) in [5.41, 5.74) is 0.300. The predicted molar refractivity (Wildman–Crippen MR) is 54.0 cm³/mol. The van der Waals surface area contributed by atoms with Crippen molar-refractivity contribution in [2.45, 2.75) is 6.11 Å². The Labute approximate surface area is 94.5 Å². The summed E-state index contributed by atoms with van der Waals surface area (Å²) in [6, 6.07) is 5.17. The molecule has 0 radical (unpaired) electrons. The minimum atomic E-state index is -3.90. The second kappa shape index (κ2) is 5.33. The van der Waals surface area contributed by atoms with E-state index in [-0.39, 0.29) is 5.75 Å². The Bertz CT molecular complexity index is 435. The van der Waals surface area contributed by atoms with Gasteiger partial charge in [0.1, 0.15) is 5.75 Å². The number of ether oxygens (including phenoxy) is 1. The molecule has 0 saturated carbocycles. The summed E-state index contributed by atoms with van der Waals surface area (Å²) in [6.07, 6.45) is -2.13. The quantitative estimate of drug-likeness (QED) is 0.593. The second-order valence-electron chi connectivity index (χ2n) is 3.05. The van der Waals surface area contributed by atoms with Gasteiger partial charge < -0.3 is 4.74 Å². The van der Waals surface area contributed by atoms with E-state index in [2.05, 4.69) is 4.74 Å². The van der Waals surface area contributed by atoms with Crippen LogP contribution in [0.4, 0.5) is 13.2 Å². The van der Waals surface area contributed by atoms with E-state index in [0.29, 0.717) is 11.8 Å². The number of alkyl halides is 3. The smallest absolute Gasteiger partial charge is 0.427 e. The molecule has 1 aromatic carbocycles. The Morgan fingerprint density at radius 3 is 2.76 bits per heavy atom. The molecule has 17 heavy (non-hydrogen) atoms. The minimum Gasteiger partial charge on any atom is -0.431 e. The Morgan fingerprint density at radius 1 is 1.47 bits per heavy atom. The van der Waals surface area contributed by atoms with Gasteiger partial charge in [0.25, 0.3) is 0 Å². The maximum absolute atomic E-state index is 12.6. The summed E-state index contributed by atoms with van der Waals surface area (Å²) in [6.45, 7) is -1.94. The number of nitrogens with zero attached hydrogens (tertiary/aromatic N) is 1. The fourth-order valence-corrected chi connectivity index (χ4v) is 1.03. The van der Waals surface area contributed by atoms with Gasteiger partial charge in [-0.05, 0) is 17.7 Å². The van der Waals surface area contributed by atoms with Crippen molar-refractivity contribution in [1.82, 2.24) is 0 Å². The molecule has 0 heterocycles. The van der Waals surface area contributed by atoms with Crippen molar-refractivity contribution < 1.29 is 22.8 Å². The molecule has 92 valence electrons. The van der Waals surface area contributed by atoms with E-state index >= 15 is 0 Å². The lowest BCUT2D eigenvalue weighted by atomic mass is 10.2. The van der Waals surface area contributed by atoms with E-state index in [9.17, 15) is 23.3 Å². The first-order valence-corrected chi connectivity index (χ1v) is 4.47. The average molecular weight is 247 g/mol. The van der Waals surface area contributed by atoms with Crippen molar-refractivity contribution in [1.29, 1.82) is 0 Å². The molecule has 0 N–H and O–H groups in total. The standard InChI is InChI=1S/C10H8F3NO3/c11-7-10(12,13)17-9-3-1-2-8(6-9)4-5-14(15)16/h1-6H,7H2/b5-4+. The normalized spacial score (nSPS) is 11.7. The van der Waals surface area contributed by atoms with Crippen molar-refractivity contribution in [2.24, 2.45) is 0 Å². The fraction of sp³-hybridized carbons (Fsp3) is 0.200. The maximum Gasteiger partial charge on any atom is 0.427 e. The molecule has 0 amide bonds. The Balaban J connectivity index is 2.83. The Hall–Kier alpha value is -2.05. The SMILES string of the molecule is O=[N+]([O-])/C=C/c1cccc(OC(F)(F)CF)c1. The molecule has 0 atom stereocenters. The zero-order valence-corrected chi connectivity index (χ0v) is 8.48. The van der Waals surface area contributed by atoms with Crippen molar-refractivity contribution in [3.8, 4) is 5.75 Å². The summed E-state index contributed by atoms with van der Waals surface area (Å²) in [7, 11) is 0. The van der Waals surface area contributed by atoms with Crippen molar-refractivity contribution in [3.63, 3.8) is 0 Å². The second-order valence-corrected chi connectivity index (χ2v) is 3.05. The maximum atomic E-state index is 12.6. The lowest BCUT2D eigenvalue weighted by Gasteiger charge is -2.14. The van der Waals surface area contributed by atoms with Gasteiger partial charge in [0.15, 0.2) is 6.67 Å². The number of halogens is 3. The highest BCUT2D eigenvalue weighted by Gasteiger charge is 2.31. The summed E-state index contributed by atoms with van der Waals surface area (Å²) in [5, 5.41) is 10.1. The van der Waals surface area contributed by atoms with Crippen molar-refractivity contribution >= 4 is 6.08 Å². The van der Waals surface area contributed by atoms with E-state index in [0.717, 1.165) is 12.1 Å². The molecule has 4 nitrogen and oxygen atoms in total. The Morgan fingerprint density at radius 2 is 2.18 bits per heavy atom. The number of hydrogen-bond donors (Lipinski definition) is 0. The molecule has 1 aromatic rings. The highest BCUT2D eigenvalue weighted by Crippen LogP contribution is 2.23. The van der Waals surface area contributed by atoms with E-state index in [1.807, 2.05) is 0 Å². The van der Waals surface area contributed by atoms with Crippen LogP contribution in [0, 0.1) is 10.1 Å². The molecule has 0 spiro atoms. The monoisotopic (exact) mass is 247 g/mol. The van der Waals surface area contributed by atoms with Gasteiger partial charge >= 0.3 is 6.11 Å². The average Bonchev–Trinajstić information content (AvgIpc) is 2.26. The van der Waals surface area contributed by atoms with Crippen LogP contribution in [0.1, 0.15) is 5.56 Å². The van der Waals surface area contributed by atoms with Crippen LogP contribution >= 0.6 is 0 Å². The number of nitro groups is 1. The topological polar surface area (TPSA) is 52.4 Å². The van der Waals surface area contributed by atoms with Crippen LogP contribution in [-0.4, -0.2) is 17.7 Å². The number of benzene rings is 1. The van der Waals surface area contributed by atoms with Crippen LogP contribution < -0.4 is 4.74 Å². The van der Waals surface area contributed by atoms with Crippen LogP contribution in [0.5, 0.6) is 5.75 Å². The summed E-state index contributed by atoms with van der Waals surface area (Å²) in [5.74, 6) is -0.266. The highest BCUT2D eigenvalue weighted by atomic mass is 19.3. The molecule has 0 aliphatic carbocycles. The zero-order chi connectivity index (χ0) is 12.9. The van der Waals surface area contributed by atoms with Gasteiger partial charge in [-0.2, -0.15) is 8.78 Å². The summed E-state index contributed by atoms with van der Waals surface area (Å²) < 4.78 is 41.0. The third-order valence-corrected chi connectivity index (χ3v) is 1.67. The number of rotatable bonds is 5. The molecular weight excluding hydrogens is 239 g/mol. The third-order valence-electron chi connectivity index (χ3n) is 1.67. The first-order chi connectivity index (χ1) is 7.93. The Kier molecular flexibility index (Phi) is 4.08. The molecule has 1 rings (SSSR count). The van der Waals surface area contributed by atoms with E-state index in [1.165, 1.54) is 18.2 Å². The predicted octanol–water partition coefficient (Wildman–Crippen LogP) is 2.88. The van der Waals surface area contributed by atoms with Gasteiger partial charge in [0.05, 0.1) is 4.92 Å². The van der Waals surface area contributed by atoms with Crippen molar-refractivity contribution in [2.75, 3.05) is 6.67 Å². The van der Waals surface area contributed by atoms with Gasteiger partial charge in [-0.3, -0.25) is 10.1 Å². The largest absolute Gasteiger partial charge is 0.431 e. The molecule has 0 fully saturated rings. The lowest BCUT2D eigenvalue weighted by molar-refractivity contribution is -0.400. The molecule has 0 saturated heterocycles. The fourth-order valence-electron chi connectivity index (χ4n) is 1.03. The van der Waals surface area contributed by atoms with E-state index in [1.54, 1.807) is 0 Å². The van der Waals surface area contributed by atoms with Gasteiger partial charge in [-0.15, -0.1) is 0 Å². The minimum absolute atomic E-state index is 0.266.